The molecule has 0 saturated carbocycles. The van der Waals surface area contributed by atoms with Crippen molar-refractivity contribution in [1.82, 2.24) is 0 Å². The molecule has 224 valence electrons. The van der Waals surface area contributed by atoms with Crippen LogP contribution in [0.2, 0.25) is 0 Å². The maximum Gasteiger partial charge on any atom is 0.0815 e. The van der Waals surface area contributed by atoms with Crippen molar-refractivity contribution in [3.8, 4) is 0 Å². The van der Waals surface area contributed by atoms with Gasteiger partial charge in [0.05, 0.1) is 42.0 Å². The van der Waals surface area contributed by atoms with Crippen molar-refractivity contribution in [2.45, 2.75) is 101 Å². The Bertz CT molecular complexity index is 530. The monoisotopic (exact) mass is 650 g/mol. The lowest BCUT2D eigenvalue weighted by molar-refractivity contribution is -0.296. The van der Waals surface area contributed by atoms with Gasteiger partial charge in [0.2, 0.25) is 0 Å². The van der Waals surface area contributed by atoms with Crippen molar-refractivity contribution in [1.29, 1.82) is 0 Å². The number of alkyl halides is 6. The summed E-state index contributed by atoms with van der Waals surface area (Å²) < 4.78 is 13.4. The minimum atomic E-state index is -1.32. The first-order valence-corrected chi connectivity index (χ1v) is 16.6. The van der Waals surface area contributed by atoms with Crippen LogP contribution in [0.1, 0.15) is 77.6 Å². The van der Waals surface area contributed by atoms with Crippen molar-refractivity contribution in [2.24, 2.45) is 5.41 Å². The lowest BCUT2D eigenvalue weighted by Crippen LogP contribution is -2.71. The summed E-state index contributed by atoms with van der Waals surface area (Å²) in [6.07, 6.45) is 3.75. The van der Waals surface area contributed by atoms with Gasteiger partial charge in [0.1, 0.15) is 0 Å². The van der Waals surface area contributed by atoms with E-state index in [0.29, 0.717) is 113 Å². The van der Waals surface area contributed by atoms with Crippen LogP contribution in [0.5, 0.6) is 0 Å². The summed E-state index contributed by atoms with van der Waals surface area (Å²) in [5.41, 5.74) is -3.49. The second-order valence-corrected chi connectivity index (χ2v) is 12.0. The largest absolute Gasteiger partial charge is 0.395 e. The first-order chi connectivity index (χ1) is 17.8. The fourth-order valence-electron chi connectivity index (χ4n) is 5.63. The molecule has 5 nitrogen and oxygen atoms in total. The molecule has 0 aliphatic heterocycles. The average Bonchev–Trinajstić information content (AvgIpc) is 2.90. The molecule has 0 aromatic rings. The summed E-state index contributed by atoms with van der Waals surface area (Å²) in [4.78, 5) is 0. The van der Waals surface area contributed by atoms with Gasteiger partial charge in [-0.15, -0.1) is 69.6 Å². The molecule has 0 aliphatic carbocycles. The van der Waals surface area contributed by atoms with Crippen LogP contribution < -0.4 is 0 Å². The van der Waals surface area contributed by atoms with Gasteiger partial charge in [-0.3, -0.25) is 0 Å². The molecule has 37 heavy (non-hydrogen) atoms. The predicted molar refractivity (Wildman–Crippen MR) is 160 cm³/mol. The number of ether oxygens (including phenoxy) is 2. The first kappa shape index (κ1) is 38.5. The molecule has 3 N–H and O–H groups in total. The molecule has 3 unspecified atom stereocenters. The molecule has 0 bridgehead atoms. The molecule has 0 saturated heterocycles. The third-order valence-electron chi connectivity index (χ3n) is 7.17. The van der Waals surface area contributed by atoms with Gasteiger partial charge in [0.15, 0.2) is 0 Å². The molecule has 0 fully saturated rings. The normalized spacial score (nSPS) is 16.1. The summed E-state index contributed by atoms with van der Waals surface area (Å²) in [7, 11) is 0. The summed E-state index contributed by atoms with van der Waals surface area (Å²) in [5, 5.41) is 33.8. The second kappa shape index (κ2) is 22.2. The molecule has 11 heteroatoms. The summed E-state index contributed by atoms with van der Waals surface area (Å²) >= 11 is 36.8. The second-order valence-electron chi connectivity index (χ2n) is 9.69. The summed E-state index contributed by atoms with van der Waals surface area (Å²) in [6.45, 7) is 1.56. The third kappa shape index (κ3) is 11.4. The van der Waals surface area contributed by atoms with E-state index in [1.165, 1.54) is 0 Å². The zero-order chi connectivity index (χ0) is 28.2. The Morgan fingerprint density at radius 2 is 1.03 bits per heavy atom. The minimum Gasteiger partial charge on any atom is -0.395 e. The van der Waals surface area contributed by atoms with Crippen LogP contribution >= 0.6 is 69.6 Å². The highest BCUT2D eigenvalue weighted by molar-refractivity contribution is 6.18. The van der Waals surface area contributed by atoms with Crippen molar-refractivity contribution in [3.05, 3.63) is 0 Å². The van der Waals surface area contributed by atoms with E-state index >= 15 is 0 Å². The Balaban J connectivity index is 7.45. The molecule has 0 radical (unpaired) electrons. The molecule has 0 spiro atoms. The fourth-order valence-corrected chi connectivity index (χ4v) is 6.43. The number of aliphatic hydroxyl groups excluding tert-OH is 3. The predicted octanol–water partition coefficient (Wildman–Crippen LogP) is 6.94. The number of hydrogen-bond donors (Lipinski definition) is 3. The fraction of sp³-hybridized carbons (Fsp3) is 1.00. The quantitative estimate of drug-likeness (QED) is 0.0697. The Labute approximate surface area is 254 Å². The van der Waals surface area contributed by atoms with E-state index in [9.17, 15) is 15.3 Å². The molecule has 0 aromatic heterocycles. The number of aliphatic hydroxyl groups is 3. The van der Waals surface area contributed by atoms with Gasteiger partial charge in [-0.2, -0.15) is 0 Å². The highest BCUT2D eigenvalue weighted by atomic mass is 35.5. The van der Waals surface area contributed by atoms with Crippen molar-refractivity contribution >= 4 is 69.6 Å². The molecular formula is C26H48Cl6O5. The molecular weight excluding hydrogens is 605 g/mol. The van der Waals surface area contributed by atoms with Gasteiger partial charge in [0, 0.05) is 41.9 Å². The lowest BCUT2D eigenvalue weighted by Gasteiger charge is -2.61. The average molecular weight is 653 g/mol. The van der Waals surface area contributed by atoms with Crippen LogP contribution in [0.4, 0.5) is 0 Å². The lowest BCUT2D eigenvalue weighted by atomic mass is 9.53. The maximum absolute atomic E-state index is 12.1. The van der Waals surface area contributed by atoms with Crippen LogP contribution in [0, 0.1) is 5.41 Å². The van der Waals surface area contributed by atoms with Gasteiger partial charge in [-0.1, -0.05) is 0 Å². The first-order valence-electron chi connectivity index (χ1n) is 13.4. The zero-order valence-electron chi connectivity index (χ0n) is 22.2. The van der Waals surface area contributed by atoms with E-state index in [1.807, 2.05) is 0 Å². The third-order valence-corrected chi connectivity index (χ3v) is 8.77. The minimum absolute atomic E-state index is 0.0112. The van der Waals surface area contributed by atoms with Gasteiger partial charge >= 0.3 is 0 Å². The van der Waals surface area contributed by atoms with E-state index in [0.717, 1.165) is 0 Å². The van der Waals surface area contributed by atoms with Crippen LogP contribution in [0.25, 0.3) is 0 Å². The Kier molecular flexibility index (Phi) is 23.1. The maximum atomic E-state index is 12.1. The van der Waals surface area contributed by atoms with Gasteiger partial charge in [0.25, 0.3) is 0 Å². The Morgan fingerprint density at radius 1 is 0.622 bits per heavy atom. The van der Waals surface area contributed by atoms with Gasteiger partial charge in [-0.25, -0.2) is 0 Å². The van der Waals surface area contributed by atoms with E-state index in [2.05, 4.69) is 0 Å². The molecule has 0 amide bonds. The van der Waals surface area contributed by atoms with E-state index < -0.39 is 35.4 Å². The van der Waals surface area contributed by atoms with Gasteiger partial charge < -0.3 is 24.8 Å². The smallest absolute Gasteiger partial charge is 0.0815 e. The van der Waals surface area contributed by atoms with Crippen LogP contribution in [0.15, 0.2) is 0 Å². The summed E-state index contributed by atoms with van der Waals surface area (Å²) in [6, 6.07) is 0. The molecule has 0 aliphatic rings. The molecule has 0 aromatic carbocycles. The number of halogens is 6. The highest BCUT2D eigenvalue weighted by Gasteiger charge is 2.66. The van der Waals surface area contributed by atoms with Crippen LogP contribution in [-0.2, 0) is 9.47 Å². The summed E-state index contributed by atoms with van der Waals surface area (Å²) in [5.74, 6) is 2.25. The van der Waals surface area contributed by atoms with E-state index in [4.69, 9.17) is 79.1 Å². The Morgan fingerprint density at radius 3 is 1.38 bits per heavy atom. The standard InChI is InChI=1S/C26H48Cl6O5/c1-22(34)20-37-25(11-5-16-30,12-6-17-31)26(21-33,23(35)8-2-13-27)24(9-3-14-28,10-4-15-29)36-19-7-18-32/h22-23,33-35H,2-21H2,1H3. The van der Waals surface area contributed by atoms with Crippen molar-refractivity contribution in [3.63, 3.8) is 0 Å². The molecule has 0 heterocycles. The van der Waals surface area contributed by atoms with E-state index in [1.54, 1.807) is 6.92 Å². The highest BCUT2D eigenvalue weighted by Crippen LogP contribution is 2.57. The SMILES string of the molecule is CC(O)COC(CCCCl)(CCCCl)C(CO)(C(O)CCCCl)C(CCCCl)(CCCCl)OCCCCl. The number of rotatable bonds is 26. The van der Waals surface area contributed by atoms with Crippen LogP contribution in [-0.4, -0.2) is 93.8 Å². The number of hydrogen-bond acceptors (Lipinski definition) is 5. The topological polar surface area (TPSA) is 79.2 Å². The van der Waals surface area contributed by atoms with E-state index in [-0.39, 0.29) is 6.61 Å². The van der Waals surface area contributed by atoms with Crippen LogP contribution in [0.3, 0.4) is 0 Å². The Hall–Kier alpha value is 1.54. The molecule has 0 rings (SSSR count). The zero-order valence-corrected chi connectivity index (χ0v) is 26.8. The van der Waals surface area contributed by atoms with Crippen molar-refractivity contribution < 1.29 is 24.8 Å². The van der Waals surface area contributed by atoms with Gasteiger partial charge in [-0.05, 0) is 77.6 Å². The molecule has 3 atom stereocenters. The van der Waals surface area contributed by atoms with Crippen molar-refractivity contribution in [2.75, 3.05) is 55.1 Å².